The first-order chi connectivity index (χ1) is 11.6. The molecule has 0 aliphatic carbocycles. The van der Waals surface area contributed by atoms with Gasteiger partial charge in [-0.1, -0.05) is 48.0 Å². The first-order valence-corrected chi connectivity index (χ1v) is 7.56. The van der Waals surface area contributed by atoms with Crippen LogP contribution in [0.2, 0.25) is 5.02 Å². The fraction of sp³-hybridized carbons (Fsp3) is 0.0526. The number of carbonyl (C=O) groups is 2. The molecule has 0 radical (unpaired) electrons. The Kier molecular flexibility index (Phi) is 4.49. The molecule has 24 heavy (non-hydrogen) atoms. The fourth-order valence-corrected chi connectivity index (χ4v) is 2.57. The van der Waals surface area contributed by atoms with Gasteiger partial charge < -0.3 is 9.47 Å². The summed E-state index contributed by atoms with van der Waals surface area (Å²) in [5, 5.41) is 0.480. The van der Waals surface area contributed by atoms with Gasteiger partial charge in [0.05, 0.1) is 18.3 Å². The Morgan fingerprint density at radius 3 is 2.04 bits per heavy atom. The quantitative estimate of drug-likeness (QED) is 0.483. The van der Waals surface area contributed by atoms with Crippen molar-refractivity contribution in [3.05, 3.63) is 75.8 Å². The topological polar surface area (TPSA) is 52.6 Å². The van der Waals surface area contributed by atoms with Crippen molar-refractivity contribution >= 4 is 35.7 Å². The van der Waals surface area contributed by atoms with Crippen LogP contribution in [0.5, 0.6) is 5.75 Å². The Labute approximate surface area is 144 Å². The second-order valence-electron chi connectivity index (χ2n) is 5.06. The number of methoxy groups -OCH3 is 1. The largest absolute Gasteiger partial charge is 0.496 e. The molecule has 0 unspecified atom stereocenters. The van der Waals surface area contributed by atoms with E-state index in [0.717, 1.165) is 0 Å². The molecule has 5 heteroatoms. The van der Waals surface area contributed by atoms with Gasteiger partial charge in [-0.05, 0) is 29.8 Å². The van der Waals surface area contributed by atoms with Crippen molar-refractivity contribution in [2.75, 3.05) is 7.11 Å². The van der Waals surface area contributed by atoms with Gasteiger partial charge in [-0.25, -0.2) is 9.59 Å². The molecule has 3 rings (SSSR count). The van der Waals surface area contributed by atoms with Crippen LogP contribution >= 0.6 is 11.6 Å². The molecule has 0 saturated carbocycles. The first-order valence-electron chi connectivity index (χ1n) is 7.18. The summed E-state index contributed by atoms with van der Waals surface area (Å²) in [6, 6.07) is 14.2. The van der Waals surface area contributed by atoms with Crippen molar-refractivity contribution in [3.8, 4) is 5.75 Å². The summed E-state index contributed by atoms with van der Waals surface area (Å²) in [6.45, 7) is 0. The third-order valence-electron chi connectivity index (χ3n) is 3.56. The highest BCUT2D eigenvalue weighted by Gasteiger charge is 2.33. The van der Waals surface area contributed by atoms with Gasteiger partial charge in [-0.15, -0.1) is 0 Å². The van der Waals surface area contributed by atoms with E-state index >= 15 is 0 Å². The third kappa shape index (κ3) is 3.09. The molecule has 0 N–H and O–H groups in total. The summed E-state index contributed by atoms with van der Waals surface area (Å²) < 4.78 is 10.0. The molecular weight excluding hydrogens is 328 g/mol. The lowest BCUT2D eigenvalue weighted by atomic mass is 10.0. The minimum absolute atomic E-state index is 0.166. The van der Waals surface area contributed by atoms with E-state index in [2.05, 4.69) is 0 Å². The predicted molar refractivity (Wildman–Crippen MR) is 91.5 cm³/mol. The molecule has 120 valence electrons. The molecule has 1 heterocycles. The zero-order valence-corrected chi connectivity index (χ0v) is 13.5. The number of halogens is 1. The number of hydrogen-bond donors (Lipinski definition) is 0. The molecule has 0 spiro atoms. The highest BCUT2D eigenvalue weighted by molar-refractivity contribution is 6.32. The lowest BCUT2D eigenvalue weighted by Crippen LogP contribution is -1.97. The minimum Gasteiger partial charge on any atom is -0.496 e. The molecule has 1 aliphatic heterocycles. The summed E-state index contributed by atoms with van der Waals surface area (Å²) in [5.41, 5.74) is 1.64. The van der Waals surface area contributed by atoms with Crippen molar-refractivity contribution in [1.82, 2.24) is 0 Å². The van der Waals surface area contributed by atoms with E-state index in [1.807, 2.05) is 12.1 Å². The minimum atomic E-state index is -0.693. The van der Waals surface area contributed by atoms with Gasteiger partial charge in [-0.2, -0.15) is 0 Å². The van der Waals surface area contributed by atoms with Gasteiger partial charge in [0.1, 0.15) is 5.75 Å². The summed E-state index contributed by atoms with van der Waals surface area (Å²) in [7, 11) is 1.54. The molecule has 2 aromatic rings. The van der Waals surface area contributed by atoms with E-state index in [4.69, 9.17) is 21.1 Å². The van der Waals surface area contributed by atoms with Gasteiger partial charge in [0, 0.05) is 10.6 Å². The average Bonchev–Trinajstić information content (AvgIpc) is 2.84. The number of carbonyl (C=O) groups excluding carboxylic acids is 2. The molecule has 2 aromatic carbocycles. The Bertz CT molecular complexity index is 880. The molecule has 1 aliphatic rings. The molecule has 0 bridgehead atoms. The average molecular weight is 341 g/mol. The summed E-state index contributed by atoms with van der Waals surface area (Å²) in [5.74, 6) is -0.792. The van der Waals surface area contributed by atoms with E-state index in [1.165, 1.54) is 7.11 Å². The summed E-state index contributed by atoms with van der Waals surface area (Å²) in [4.78, 5) is 24.1. The van der Waals surface area contributed by atoms with E-state index in [-0.39, 0.29) is 11.1 Å². The molecule has 0 atom stereocenters. The standard InChI is InChI=1S/C19H13ClO4/c1-23-17-9-5-3-7-13(17)11-15-14(18(21)24-19(15)22)10-12-6-2-4-8-16(12)20/h2-11H,1H3/b14-10+,15-11-. The summed E-state index contributed by atoms with van der Waals surface area (Å²) >= 11 is 6.12. The van der Waals surface area contributed by atoms with Crippen LogP contribution in [0, 0.1) is 0 Å². The molecule has 0 aromatic heterocycles. The van der Waals surface area contributed by atoms with Crippen LogP contribution in [0.3, 0.4) is 0 Å². The number of esters is 2. The number of hydrogen-bond acceptors (Lipinski definition) is 4. The molecular formula is C19H13ClO4. The fourth-order valence-electron chi connectivity index (χ4n) is 2.38. The lowest BCUT2D eigenvalue weighted by molar-refractivity contribution is -0.149. The molecule has 0 amide bonds. The van der Waals surface area contributed by atoms with E-state index < -0.39 is 11.9 Å². The molecule has 1 saturated heterocycles. The van der Waals surface area contributed by atoms with Crippen LogP contribution in [-0.4, -0.2) is 19.0 Å². The summed E-state index contributed by atoms with van der Waals surface area (Å²) in [6.07, 6.45) is 3.13. The predicted octanol–water partition coefficient (Wildman–Crippen LogP) is 3.90. The third-order valence-corrected chi connectivity index (χ3v) is 3.90. The van der Waals surface area contributed by atoms with Crippen LogP contribution in [0.4, 0.5) is 0 Å². The van der Waals surface area contributed by atoms with Gasteiger partial charge in [0.2, 0.25) is 0 Å². The lowest BCUT2D eigenvalue weighted by Gasteiger charge is -2.04. The van der Waals surface area contributed by atoms with Gasteiger partial charge in [0.25, 0.3) is 0 Å². The Hall–Kier alpha value is -2.85. The highest BCUT2D eigenvalue weighted by atomic mass is 35.5. The Morgan fingerprint density at radius 2 is 1.42 bits per heavy atom. The first kappa shape index (κ1) is 16.0. The highest BCUT2D eigenvalue weighted by Crippen LogP contribution is 2.30. The number of rotatable bonds is 3. The van der Waals surface area contributed by atoms with E-state index in [9.17, 15) is 9.59 Å². The zero-order chi connectivity index (χ0) is 17.1. The number of cyclic esters (lactones) is 2. The monoisotopic (exact) mass is 340 g/mol. The maximum absolute atomic E-state index is 12.0. The Balaban J connectivity index is 2.11. The number of benzene rings is 2. The van der Waals surface area contributed by atoms with Crippen LogP contribution < -0.4 is 4.74 Å². The van der Waals surface area contributed by atoms with Crippen LogP contribution in [0.1, 0.15) is 11.1 Å². The van der Waals surface area contributed by atoms with Gasteiger partial charge >= 0.3 is 11.9 Å². The number of para-hydroxylation sites is 1. The molecule has 4 nitrogen and oxygen atoms in total. The van der Waals surface area contributed by atoms with Gasteiger partial charge in [0.15, 0.2) is 0 Å². The van der Waals surface area contributed by atoms with Crippen LogP contribution in [0.15, 0.2) is 59.7 Å². The van der Waals surface area contributed by atoms with Gasteiger partial charge in [-0.3, -0.25) is 0 Å². The maximum atomic E-state index is 12.0. The van der Waals surface area contributed by atoms with Crippen molar-refractivity contribution in [1.29, 1.82) is 0 Å². The second kappa shape index (κ2) is 6.72. The smallest absolute Gasteiger partial charge is 0.346 e. The molecule has 1 fully saturated rings. The van der Waals surface area contributed by atoms with Crippen molar-refractivity contribution in [2.24, 2.45) is 0 Å². The van der Waals surface area contributed by atoms with E-state index in [1.54, 1.807) is 48.6 Å². The van der Waals surface area contributed by atoms with Crippen molar-refractivity contribution in [2.45, 2.75) is 0 Å². The van der Waals surface area contributed by atoms with E-state index in [0.29, 0.717) is 21.9 Å². The zero-order valence-electron chi connectivity index (χ0n) is 12.8. The van der Waals surface area contributed by atoms with Crippen molar-refractivity contribution < 1.29 is 19.1 Å². The maximum Gasteiger partial charge on any atom is 0.346 e. The Morgan fingerprint density at radius 1 is 0.875 bits per heavy atom. The van der Waals surface area contributed by atoms with Crippen LogP contribution in [0.25, 0.3) is 12.2 Å². The second-order valence-corrected chi connectivity index (χ2v) is 5.46. The normalized spacial score (nSPS) is 17.4. The van der Waals surface area contributed by atoms with Crippen molar-refractivity contribution in [3.63, 3.8) is 0 Å². The SMILES string of the molecule is COc1ccccc1/C=C1\C(=O)OC(=O)\C1=C\c1ccccc1Cl. The number of ether oxygens (including phenoxy) is 2. The van der Waals surface area contributed by atoms with Crippen LogP contribution in [-0.2, 0) is 14.3 Å².